The first-order chi connectivity index (χ1) is 24.5. The van der Waals surface area contributed by atoms with Crippen molar-refractivity contribution in [2.24, 2.45) is 0 Å². The van der Waals surface area contributed by atoms with E-state index in [1.807, 2.05) is 36.4 Å². The predicted octanol–water partition coefficient (Wildman–Crippen LogP) is 5.11. The molecule has 13 nitrogen and oxygen atoms in total. The maximum Gasteiger partial charge on any atom is 0.251 e. The van der Waals surface area contributed by atoms with Crippen LogP contribution >= 0.6 is 0 Å². The average Bonchev–Trinajstić information content (AvgIpc) is 3.42. The number of rotatable bonds is 18. The minimum Gasteiger partial charge on any atom is -0.508 e. The molecule has 6 N–H and O–H groups in total. The average molecular weight is 677 g/mol. The molecule has 0 unspecified atom stereocenters. The van der Waals surface area contributed by atoms with Gasteiger partial charge >= 0.3 is 0 Å². The molecule has 0 radical (unpaired) electrons. The summed E-state index contributed by atoms with van der Waals surface area (Å²) in [5, 5.41) is 24.9. The Balaban J connectivity index is 1.09. The van der Waals surface area contributed by atoms with Crippen molar-refractivity contribution in [2.45, 2.75) is 6.42 Å². The molecule has 5 rings (SSSR count). The van der Waals surface area contributed by atoms with E-state index in [-0.39, 0.29) is 29.5 Å². The van der Waals surface area contributed by atoms with Gasteiger partial charge in [0.2, 0.25) is 17.8 Å². The number of phenols is 1. The third-order valence-corrected chi connectivity index (χ3v) is 7.14. The summed E-state index contributed by atoms with van der Waals surface area (Å²) >= 11 is 0. The SMILES string of the molecule is O=C(NCCOCCOCCNc1nc(Nc2ccc(O)cc2)nc(Nc2ccc(C(=O)NCC3=CC=CCC=C3)cc2)n1)c1ccccc1. The topological polar surface area (TPSA) is 172 Å². The predicted molar refractivity (Wildman–Crippen MR) is 193 cm³/mol. The van der Waals surface area contributed by atoms with Gasteiger partial charge in [-0.15, -0.1) is 0 Å². The van der Waals surface area contributed by atoms with Crippen LogP contribution in [0.2, 0.25) is 0 Å². The molecule has 0 saturated heterocycles. The van der Waals surface area contributed by atoms with E-state index in [4.69, 9.17) is 9.47 Å². The van der Waals surface area contributed by atoms with Crippen molar-refractivity contribution in [1.29, 1.82) is 0 Å². The van der Waals surface area contributed by atoms with Crippen molar-refractivity contribution in [3.05, 3.63) is 126 Å². The van der Waals surface area contributed by atoms with Crippen LogP contribution in [0, 0.1) is 0 Å². The largest absolute Gasteiger partial charge is 0.508 e. The van der Waals surface area contributed by atoms with Crippen LogP contribution in [0.25, 0.3) is 0 Å². The number of nitrogens with one attached hydrogen (secondary N) is 5. The molecule has 0 saturated carbocycles. The summed E-state index contributed by atoms with van der Waals surface area (Å²) in [6.07, 6.45) is 11.0. The van der Waals surface area contributed by atoms with Gasteiger partial charge in [0.05, 0.1) is 26.4 Å². The van der Waals surface area contributed by atoms with E-state index in [0.717, 1.165) is 12.0 Å². The number of anilines is 5. The standard InChI is InChI=1S/C37H40N8O5/c46-32-18-16-31(17-19-32)42-37-44-35(39-21-23-50-25-24-49-22-20-38-33(47)28-10-6-3-7-11-28)43-36(45-37)41-30-14-12-29(13-15-30)34(48)40-26-27-8-4-1-2-5-9-27/h1,3-19,46H,2,20-26H2,(H,38,47)(H,40,48)(H3,39,41,42,43,44,45). The maximum absolute atomic E-state index is 12.7. The van der Waals surface area contributed by atoms with Crippen LogP contribution in [0.5, 0.6) is 5.75 Å². The first-order valence-electron chi connectivity index (χ1n) is 16.2. The van der Waals surface area contributed by atoms with Crippen LogP contribution in [-0.4, -0.2) is 77.9 Å². The highest BCUT2D eigenvalue weighted by molar-refractivity contribution is 5.95. The summed E-state index contributed by atoms with van der Waals surface area (Å²) in [4.78, 5) is 38.3. The Morgan fingerprint density at radius 3 is 1.96 bits per heavy atom. The molecular weight excluding hydrogens is 636 g/mol. The number of hydrogen-bond donors (Lipinski definition) is 6. The molecule has 2 amide bonds. The highest BCUT2D eigenvalue weighted by Crippen LogP contribution is 2.21. The Morgan fingerprint density at radius 1 is 0.660 bits per heavy atom. The van der Waals surface area contributed by atoms with Crippen molar-refractivity contribution in [1.82, 2.24) is 25.6 Å². The molecule has 0 spiro atoms. The number of carbonyl (C=O) groups excluding carboxylic acids is 2. The molecule has 0 atom stereocenters. The zero-order chi connectivity index (χ0) is 34.8. The smallest absolute Gasteiger partial charge is 0.251 e. The monoisotopic (exact) mass is 676 g/mol. The fourth-order valence-electron chi connectivity index (χ4n) is 4.59. The molecule has 0 fully saturated rings. The van der Waals surface area contributed by atoms with E-state index < -0.39 is 0 Å². The minimum absolute atomic E-state index is 0.137. The van der Waals surface area contributed by atoms with Crippen LogP contribution in [0.15, 0.2) is 115 Å². The van der Waals surface area contributed by atoms with E-state index in [2.05, 4.69) is 53.7 Å². The fourth-order valence-corrected chi connectivity index (χ4v) is 4.59. The van der Waals surface area contributed by atoms with Gasteiger partial charge in [0, 0.05) is 42.1 Å². The van der Waals surface area contributed by atoms with Gasteiger partial charge in [-0.05, 0) is 72.7 Å². The van der Waals surface area contributed by atoms with Gasteiger partial charge in [-0.1, -0.05) is 48.6 Å². The summed E-state index contributed by atoms with van der Waals surface area (Å²) < 4.78 is 11.2. The van der Waals surface area contributed by atoms with E-state index in [1.54, 1.807) is 60.7 Å². The lowest BCUT2D eigenvalue weighted by Gasteiger charge is -2.12. The number of phenolic OH excluding ortho intramolecular Hbond substituents is 1. The van der Waals surface area contributed by atoms with Crippen molar-refractivity contribution in [3.8, 4) is 5.75 Å². The first kappa shape index (κ1) is 35.3. The molecule has 1 heterocycles. The summed E-state index contributed by atoms with van der Waals surface area (Å²) in [5.41, 5.74) is 3.52. The van der Waals surface area contributed by atoms with Crippen molar-refractivity contribution in [2.75, 3.05) is 62.0 Å². The number of nitrogens with zero attached hydrogens (tertiary/aromatic N) is 3. The second-order valence-electron chi connectivity index (χ2n) is 10.9. The molecule has 1 aliphatic rings. The van der Waals surface area contributed by atoms with Crippen LogP contribution in [0.3, 0.4) is 0 Å². The number of carbonyl (C=O) groups is 2. The third-order valence-electron chi connectivity index (χ3n) is 7.14. The molecule has 50 heavy (non-hydrogen) atoms. The van der Waals surface area contributed by atoms with Crippen molar-refractivity contribution < 1.29 is 24.2 Å². The second-order valence-corrected chi connectivity index (χ2v) is 10.9. The minimum atomic E-state index is -0.174. The van der Waals surface area contributed by atoms with Gasteiger partial charge in [0.25, 0.3) is 11.8 Å². The molecule has 0 aliphatic heterocycles. The fraction of sp³-hybridized carbons (Fsp3) is 0.216. The Kier molecular flexibility index (Phi) is 13.5. The lowest BCUT2D eigenvalue weighted by molar-refractivity contribution is 0.0519. The van der Waals surface area contributed by atoms with Gasteiger partial charge in [0.15, 0.2) is 0 Å². The van der Waals surface area contributed by atoms with E-state index in [1.165, 1.54) is 0 Å². The number of aromatic nitrogens is 3. The Bertz CT molecular complexity index is 1780. The van der Waals surface area contributed by atoms with Crippen LogP contribution in [0.1, 0.15) is 27.1 Å². The Morgan fingerprint density at radius 2 is 1.26 bits per heavy atom. The molecule has 1 aromatic heterocycles. The number of hydrogen-bond acceptors (Lipinski definition) is 11. The lowest BCUT2D eigenvalue weighted by atomic mass is 10.1. The molecule has 258 valence electrons. The van der Waals surface area contributed by atoms with Crippen molar-refractivity contribution >= 4 is 41.0 Å². The number of aromatic hydroxyl groups is 1. The van der Waals surface area contributed by atoms with Gasteiger partial charge < -0.3 is 41.2 Å². The molecule has 13 heteroatoms. The van der Waals surface area contributed by atoms with Gasteiger partial charge in [-0.3, -0.25) is 9.59 Å². The second kappa shape index (κ2) is 19.1. The Labute approximate surface area is 290 Å². The van der Waals surface area contributed by atoms with Gasteiger partial charge in [0.1, 0.15) is 5.75 Å². The number of benzene rings is 3. The normalized spacial score (nSPS) is 12.0. The quantitative estimate of drug-likeness (QED) is 0.0611. The molecule has 0 bridgehead atoms. The van der Waals surface area contributed by atoms with E-state index in [0.29, 0.717) is 74.5 Å². The summed E-state index contributed by atoms with van der Waals surface area (Å²) in [6, 6.07) is 22.6. The van der Waals surface area contributed by atoms with Crippen LogP contribution in [0.4, 0.5) is 29.2 Å². The van der Waals surface area contributed by atoms with E-state index >= 15 is 0 Å². The number of ether oxygens (including phenoxy) is 2. The maximum atomic E-state index is 12.7. The van der Waals surface area contributed by atoms with Gasteiger partial charge in [-0.25, -0.2) is 0 Å². The summed E-state index contributed by atoms with van der Waals surface area (Å²) in [7, 11) is 0. The molecule has 4 aromatic rings. The van der Waals surface area contributed by atoms with Crippen LogP contribution in [-0.2, 0) is 9.47 Å². The number of allylic oxidation sites excluding steroid dienone is 4. The van der Waals surface area contributed by atoms with Crippen molar-refractivity contribution in [3.63, 3.8) is 0 Å². The molecular formula is C37H40N8O5. The zero-order valence-corrected chi connectivity index (χ0v) is 27.5. The van der Waals surface area contributed by atoms with Gasteiger partial charge in [-0.2, -0.15) is 15.0 Å². The zero-order valence-electron chi connectivity index (χ0n) is 27.5. The number of amides is 2. The highest BCUT2D eigenvalue weighted by Gasteiger charge is 2.10. The first-order valence-corrected chi connectivity index (χ1v) is 16.2. The lowest BCUT2D eigenvalue weighted by Crippen LogP contribution is -2.27. The molecule has 1 aliphatic carbocycles. The van der Waals surface area contributed by atoms with Crippen LogP contribution < -0.4 is 26.6 Å². The summed E-state index contributed by atoms with van der Waals surface area (Å²) in [5.74, 6) is 0.690. The highest BCUT2D eigenvalue weighted by atomic mass is 16.5. The third kappa shape index (κ3) is 11.9. The molecule has 3 aromatic carbocycles. The van der Waals surface area contributed by atoms with E-state index in [9.17, 15) is 14.7 Å². The Hall–Kier alpha value is -6.05. The summed E-state index contributed by atoms with van der Waals surface area (Å²) in [6.45, 7) is 2.77.